The number of hydrogen-bond donors (Lipinski definition) is 2. The lowest BCUT2D eigenvalue weighted by Gasteiger charge is -2.29. The molecule has 2 N–H and O–H groups in total. The van der Waals surface area contributed by atoms with Crippen LogP contribution in [-0.4, -0.2) is 55.4 Å². The van der Waals surface area contributed by atoms with Gasteiger partial charge < -0.3 is 15.2 Å². The predicted octanol–water partition coefficient (Wildman–Crippen LogP) is 1.31. The van der Waals surface area contributed by atoms with E-state index in [1.54, 1.807) is 0 Å². The number of halogens is 2. The van der Waals surface area contributed by atoms with E-state index in [4.69, 9.17) is 4.74 Å². The lowest BCUT2D eigenvalue weighted by atomic mass is 10.1. The van der Waals surface area contributed by atoms with E-state index in [0.29, 0.717) is 12.1 Å². The molecule has 0 aliphatic carbocycles. The standard InChI is InChI=1S/C15H22F2N2O2/c1-11(10-19-4-6-21-7-5-19)18-9-15(20)12-2-3-13(16)14(17)8-12/h2-3,8,11,15,18,20H,4-7,9-10H2,1H3. The first-order valence-corrected chi connectivity index (χ1v) is 7.22. The van der Waals surface area contributed by atoms with Crippen molar-refractivity contribution >= 4 is 0 Å². The van der Waals surface area contributed by atoms with E-state index in [-0.39, 0.29) is 6.04 Å². The lowest BCUT2D eigenvalue weighted by molar-refractivity contribution is 0.0336. The van der Waals surface area contributed by atoms with Gasteiger partial charge in [0.15, 0.2) is 11.6 Å². The number of rotatable bonds is 6. The highest BCUT2D eigenvalue weighted by Crippen LogP contribution is 2.15. The van der Waals surface area contributed by atoms with Crippen LogP contribution in [0.2, 0.25) is 0 Å². The molecule has 1 heterocycles. The van der Waals surface area contributed by atoms with E-state index in [9.17, 15) is 13.9 Å². The largest absolute Gasteiger partial charge is 0.387 e. The van der Waals surface area contributed by atoms with Crippen molar-refractivity contribution in [2.75, 3.05) is 39.4 Å². The fourth-order valence-electron chi connectivity index (χ4n) is 2.39. The summed E-state index contributed by atoms with van der Waals surface area (Å²) in [5, 5.41) is 13.2. The molecule has 1 aliphatic heterocycles. The van der Waals surface area contributed by atoms with Crippen LogP contribution in [0.3, 0.4) is 0 Å². The zero-order chi connectivity index (χ0) is 15.2. The number of nitrogens with one attached hydrogen (secondary N) is 1. The molecule has 4 nitrogen and oxygen atoms in total. The van der Waals surface area contributed by atoms with Crippen LogP contribution in [0, 0.1) is 11.6 Å². The molecule has 0 spiro atoms. The van der Waals surface area contributed by atoms with Gasteiger partial charge in [-0.1, -0.05) is 6.07 Å². The molecule has 0 amide bonds. The number of hydrogen-bond acceptors (Lipinski definition) is 4. The Morgan fingerprint density at radius 1 is 1.29 bits per heavy atom. The molecule has 2 unspecified atom stereocenters. The number of aliphatic hydroxyl groups excluding tert-OH is 1. The number of morpholine rings is 1. The number of benzene rings is 1. The SMILES string of the molecule is CC(CN1CCOCC1)NCC(O)c1ccc(F)c(F)c1. The Balaban J connectivity index is 1.77. The predicted molar refractivity (Wildman–Crippen MR) is 76.0 cm³/mol. The van der Waals surface area contributed by atoms with Gasteiger partial charge >= 0.3 is 0 Å². The summed E-state index contributed by atoms with van der Waals surface area (Å²) >= 11 is 0. The van der Waals surface area contributed by atoms with E-state index in [0.717, 1.165) is 45.0 Å². The summed E-state index contributed by atoms with van der Waals surface area (Å²) in [6, 6.07) is 3.67. The van der Waals surface area contributed by atoms with Gasteiger partial charge in [-0.3, -0.25) is 4.90 Å². The summed E-state index contributed by atoms with van der Waals surface area (Å²) in [5.41, 5.74) is 0.375. The van der Waals surface area contributed by atoms with Gasteiger partial charge in [-0.25, -0.2) is 8.78 Å². The van der Waals surface area contributed by atoms with Crippen molar-refractivity contribution in [2.45, 2.75) is 19.1 Å². The van der Waals surface area contributed by atoms with Crippen LogP contribution in [0.15, 0.2) is 18.2 Å². The summed E-state index contributed by atoms with van der Waals surface area (Å²) in [7, 11) is 0. The normalized spacial score (nSPS) is 19.4. The third-order valence-corrected chi connectivity index (χ3v) is 3.62. The fraction of sp³-hybridized carbons (Fsp3) is 0.600. The van der Waals surface area contributed by atoms with Crippen molar-refractivity contribution in [3.63, 3.8) is 0 Å². The second-order valence-electron chi connectivity index (χ2n) is 5.41. The fourth-order valence-corrected chi connectivity index (χ4v) is 2.39. The zero-order valence-electron chi connectivity index (χ0n) is 12.2. The van der Waals surface area contributed by atoms with Gasteiger partial charge in [0.25, 0.3) is 0 Å². The van der Waals surface area contributed by atoms with Crippen molar-refractivity contribution in [1.82, 2.24) is 10.2 Å². The molecule has 118 valence electrons. The highest BCUT2D eigenvalue weighted by molar-refractivity contribution is 5.20. The van der Waals surface area contributed by atoms with Crippen LogP contribution < -0.4 is 5.32 Å². The van der Waals surface area contributed by atoms with Gasteiger partial charge in [0.05, 0.1) is 19.3 Å². The molecular formula is C15H22F2N2O2. The smallest absolute Gasteiger partial charge is 0.159 e. The van der Waals surface area contributed by atoms with Crippen LogP contribution in [0.1, 0.15) is 18.6 Å². The number of aliphatic hydroxyl groups is 1. The van der Waals surface area contributed by atoms with Gasteiger partial charge in [0.2, 0.25) is 0 Å². The quantitative estimate of drug-likeness (QED) is 0.831. The summed E-state index contributed by atoms with van der Waals surface area (Å²) < 4.78 is 31.3. The molecule has 1 saturated heterocycles. The van der Waals surface area contributed by atoms with Gasteiger partial charge in [-0.05, 0) is 24.6 Å². The van der Waals surface area contributed by atoms with E-state index in [1.807, 2.05) is 6.92 Å². The molecule has 21 heavy (non-hydrogen) atoms. The summed E-state index contributed by atoms with van der Waals surface area (Å²) in [5.74, 6) is -1.84. The van der Waals surface area contributed by atoms with Crippen LogP contribution >= 0.6 is 0 Å². The van der Waals surface area contributed by atoms with E-state index in [2.05, 4.69) is 10.2 Å². The third-order valence-electron chi connectivity index (χ3n) is 3.62. The van der Waals surface area contributed by atoms with Crippen molar-refractivity contribution < 1.29 is 18.6 Å². The monoisotopic (exact) mass is 300 g/mol. The summed E-state index contributed by atoms with van der Waals surface area (Å²) in [6.45, 7) is 6.54. The molecule has 1 aromatic carbocycles. The van der Waals surface area contributed by atoms with Gasteiger partial charge in [-0.2, -0.15) is 0 Å². The average molecular weight is 300 g/mol. The Hall–Kier alpha value is -1.08. The van der Waals surface area contributed by atoms with Gasteiger partial charge in [-0.15, -0.1) is 0 Å². The maximum atomic E-state index is 13.1. The zero-order valence-corrected chi connectivity index (χ0v) is 12.2. The molecule has 0 saturated carbocycles. The van der Waals surface area contributed by atoms with Crippen molar-refractivity contribution in [3.8, 4) is 0 Å². The maximum Gasteiger partial charge on any atom is 0.159 e. The van der Waals surface area contributed by atoms with Gasteiger partial charge in [0, 0.05) is 32.2 Å². The van der Waals surface area contributed by atoms with E-state index < -0.39 is 17.7 Å². The average Bonchev–Trinajstić information content (AvgIpc) is 2.48. The molecule has 1 aliphatic rings. The topological polar surface area (TPSA) is 44.7 Å². The van der Waals surface area contributed by atoms with Crippen LogP contribution in [0.5, 0.6) is 0 Å². The molecule has 2 atom stereocenters. The molecule has 0 bridgehead atoms. The first-order chi connectivity index (χ1) is 10.1. The summed E-state index contributed by atoms with van der Waals surface area (Å²) in [6.07, 6.45) is -0.854. The third kappa shape index (κ3) is 5.00. The molecule has 2 rings (SSSR count). The molecule has 0 radical (unpaired) electrons. The Bertz CT molecular complexity index is 453. The van der Waals surface area contributed by atoms with E-state index in [1.165, 1.54) is 6.07 Å². The molecule has 6 heteroatoms. The first-order valence-electron chi connectivity index (χ1n) is 7.22. The van der Waals surface area contributed by atoms with Gasteiger partial charge in [0.1, 0.15) is 0 Å². The van der Waals surface area contributed by atoms with Crippen LogP contribution in [0.4, 0.5) is 8.78 Å². The van der Waals surface area contributed by atoms with E-state index >= 15 is 0 Å². The van der Waals surface area contributed by atoms with Crippen molar-refractivity contribution in [3.05, 3.63) is 35.4 Å². The Morgan fingerprint density at radius 2 is 2.00 bits per heavy atom. The van der Waals surface area contributed by atoms with Crippen molar-refractivity contribution in [1.29, 1.82) is 0 Å². The van der Waals surface area contributed by atoms with Crippen LogP contribution in [-0.2, 0) is 4.74 Å². The molecule has 1 fully saturated rings. The number of ether oxygens (including phenoxy) is 1. The minimum atomic E-state index is -0.937. The Morgan fingerprint density at radius 3 is 2.67 bits per heavy atom. The van der Waals surface area contributed by atoms with Crippen molar-refractivity contribution in [2.24, 2.45) is 0 Å². The molecule has 0 aromatic heterocycles. The summed E-state index contributed by atoms with van der Waals surface area (Å²) in [4.78, 5) is 2.30. The number of nitrogens with zero attached hydrogens (tertiary/aromatic N) is 1. The Kier molecular flexibility index (Phi) is 6.05. The second kappa shape index (κ2) is 7.79. The molecular weight excluding hydrogens is 278 g/mol. The van der Waals surface area contributed by atoms with Crippen LogP contribution in [0.25, 0.3) is 0 Å². The Labute approximate surface area is 123 Å². The minimum Gasteiger partial charge on any atom is -0.387 e. The first kappa shape index (κ1) is 16.3. The highest BCUT2D eigenvalue weighted by atomic mass is 19.2. The maximum absolute atomic E-state index is 13.1. The minimum absolute atomic E-state index is 0.197. The second-order valence-corrected chi connectivity index (χ2v) is 5.41. The highest BCUT2D eigenvalue weighted by Gasteiger charge is 2.15. The lowest BCUT2D eigenvalue weighted by Crippen LogP contribution is -2.45. The molecule has 1 aromatic rings.